The predicted octanol–water partition coefficient (Wildman–Crippen LogP) is 4.46. The molecule has 1 N–H and O–H groups in total. The molecule has 0 aliphatic heterocycles. The normalized spacial score (nSPS) is 10.8. The Kier molecular flexibility index (Phi) is 4.67. The van der Waals surface area contributed by atoms with Crippen LogP contribution in [0.25, 0.3) is 10.8 Å². The number of benzene rings is 3. The van der Waals surface area contributed by atoms with Crippen molar-refractivity contribution in [2.75, 3.05) is 0 Å². The number of carboxylic acid groups (broad SMARTS) is 1. The molecule has 0 aliphatic carbocycles. The van der Waals surface area contributed by atoms with Crippen LogP contribution >= 0.6 is 0 Å². The van der Waals surface area contributed by atoms with Crippen LogP contribution in [0, 0.1) is 0 Å². The van der Waals surface area contributed by atoms with Crippen molar-refractivity contribution in [3.63, 3.8) is 0 Å². The van der Waals surface area contributed by atoms with Gasteiger partial charge in [-0.15, -0.1) is 0 Å². The molecule has 0 unspecified atom stereocenters. The summed E-state index contributed by atoms with van der Waals surface area (Å²) in [6.45, 7) is 0.777. The Morgan fingerprint density at radius 3 is 2.37 bits per heavy atom. The Labute approximate surface area is 158 Å². The molecule has 27 heavy (non-hydrogen) atoms. The van der Waals surface area contributed by atoms with E-state index in [-0.39, 0.29) is 0 Å². The zero-order chi connectivity index (χ0) is 18.6. The largest absolute Gasteiger partial charge is 0.478 e. The minimum absolute atomic E-state index is 0.322. The molecule has 0 radical (unpaired) electrons. The lowest BCUT2D eigenvalue weighted by Gasteiger charge is -2.09. The number of rotatable bonds is 5. The van der Waals surface area contributed by atoms with E-state index >= 15 is 0 Å². The van der Waals surface area contributed by atoms with Crippen LogP contribution in [-0.4, -0.2) is 11.1 Å². The molecule has 1 aromatic heterocycles. The van der Waals surface area contributed by atoms with Crippen molar-refractivity contribution in [3.05, 3.63) is 114 Å². The van der Waals surface area contributed by atoms with E-state index in [2.05, 4.69) is 41.1 Å². The molecule has 132 valence electrons. The molecule has 3 heteroatoms. The van der Waals surface area contributed by atoms with Crippen LogP contribution in [0.1, 0.15) is 27.2 Å². The second kappa shape index (κ2) is 7.42. The van der Waals surface area contributed by atoms with Gasteiger partial charge in [0.2, 0.25) is 0 Å². The molecular weight excluding hydrogens is 334 g/mol. The third-order valence-corrected chi connectivity index (χ3v) is 4.79. The highest BCUT2D eigenvalue weighted by atomic mass is 16.4. The van der Waals surface area contributed by atoms with Gasteiger partial charge in [-0.1, -0.05) is 60.7 Å². The van der Waals surface area contributed by atoms with Gasteiger partial charge in [0.1, 0.15) is 0 Å². The van der Waals surface area contributed by atoms with Crippen LogP contribution in [0.2, 0.25) is 0 Å². The average molecular weight is 354 g/mol. The number of hydrogen-bond acceptors (Lipinski definition) is 1. The van der Waals surface area contributed by atoms with Crippen molar-refractivity contribution >= 4 is 16.7 Å². The van der Waals surface area contributed by atoms with Gasteiger partial charge in [-0.05, 0) is 29.1 Å². The Hall–Kier alpha value is -3.46. The van der Waals surface area contributed by atoms with Crippen LogP contribution in [0.3, 0.4) is 0 Å². The highest BCUT2D eigenvalue weighted by Gasteiger charge is 2.17. The SMILES string of the molecule is O=C(O)c1cccc(Cc2c3ccccc3cc[n+]2Cc2ccccc2)c1. The predicted molar refractivity (Wildman–Crippen MR) is 106 cm³/mol. The second-order valence-electron chi connectivity index (χ2n) is 6.65. The minimum atomic E-state index is -0.896. The fourth-order valence-corrected chi connectivity index (χ4v) is 3.45. The summed E-state index contributed by atoms with van der Waals surface area (Å²) in [7, 11) is 0. The maximum Gasteiger partial charge on any atom is 0.335 e. The zero-order valence-electron chi connectivity index (χ0n) is 14.9. The highest BCUT2D eigenvalue weighted by Crippen LogP contribution is 2.19. The van der Waals surface area contributed by atoms with Gasteiger partial charge in [-0.25, -0.2) is 4.79 Å². The fraction of sp³-hybridized carbons (Fsp3) is 0.0833. The van der Waals surface area contributed by atoms with E-state index in [1.807, 2.05) is 42.5 Å². The first-order valence-electron chi connectivity index (χ1n) is 8.97. The van der Waals surface area contributed by atoms with Crippen molar-refractivity contribution in [2.45, 2.75) is 13.0 Å². The summed E-state index contributed by atoms with van der Waals surface area (Å²) in [5.41, 5.74) is 3.73. The maximum absolute atomic E-state index is 11.3. The van der Waals surface area contributed by atoms with E-state index in [0.29, 0.717) is 12.0 Å². The first-order chi connectivity index (χ1) is 13.2. The van der Waals surface area contributed by atoms with Crippen LogP contribution in [0.15, 0.2) is 91.1 Å². The molecular formula is C24H20NO2+. The highest BCUT2D eigenvalue weighted by molar-refractivity contribution is 5.88. The molecule has 4 aromatic rings. The van der Waals surface area contributed by atoms with E-state index in [0.717, 1.165) is 12.1 Å². The van der Waals surface area contributed by atoms with Gasteiger partial charge in [-0.3, -0.25) is 0 Å². The van der Waals surface area contributed by atoms with Crippen molar-refractivity contribution in [1.29, 1.82) is 0 Å². The number of carbonyl (C=O) groups is 1. The first-order valence-corrected chi connectivity index (χ1v) is 8.97. The summed E-state index contributed by atoms with van der Waals surface area (Å²) < 4.78 is 2.26. The second-order valence-corrected chi connectivity index (χ2v) is 6.65. The average Bonchev–Trinajstić information content (AvgIpc) is 2.71. The molecule has 0 saturated heterocycles. The molecule has 0 bridgehead atoms. The van der Waals surface area contributed by atoms with Gasteiger partial charge < -0.3 is 5.11 Å². The molecule has 0 fully saturated rings. The van der Waals surface area contributed by atoms with Gasteiger partial charge in [0.15, 0.2) is 18.4 Å². The Morgan fingerprint density at radius 1 is 0.815 bits per heavy atom. The number of aromatic carboxylic acids is 1. The number of pyridine rings is 1. The lowest BCUT2D eigenvalue weighted by atomic mass is 10.0. The van der Waals surface area contributed by atoms with Crippen molar-refractivity contribution in [2.24, 2.45) is 0 Å². The van der Waals surface area contributed by atoms with Gasteiger partial charge in [0.05, 0.1) is 12.0 Å². The quantitative estimate of drug-likeness (QED) is 0.538. The maximum atomic E-state index is 11.3. The summed E-state index contributed by atoms with van der Waals surface area (Å²) in [5, 5.41) is 11.7. The number of fused-ring (bicyclic) bond motifs is 1. The topological polar surface area (TPSA) is 41.2 Å². The molecule has 1 heterocycles. The van der Waals surface area contributed by atoms with Gasteiger partial charge in [-0.2, -0.15) is 4.57 Å². The van der Waals surface area contributed by atoms with E-state index in [1.165, 1.54) is 22.0 Å². The molecule has 0 saturated carbocycles. The lowest BCUT2D eigenvalue weighted by Crippen LogP contribution is -2.39. The summed E-state index contributed by atoms with van der Waals surface area (Å²) in [6.07, 6.45) is 2.79. The Balaban J connectivity index is 1.80. The Morgan fingerprint density at radius 2 is 1.56 bits per heavy atom. The summed E-state index contributed by atoms with van der Waals surface area (Å²) >= 11 is 0. The van der Waals surface area contributed by atoms with Crippen LogP contribution < -0.4 is 4.57 Å². The Bertz CT molecular complexity index is 1100. The van der Waals surface area contributed by atoms with Crippen LogP contribution in [0.5, 0.6) is 0 Å². The number of hydrogen-bond donors (Lipinski definition) is 1. The van der Waals surface area contributed by atoms with Crippen molar-refractivity contribution in [1.82, 2.24) is 0 Å². The van der Waals surface area contributed by atoms with Crippen molar-refractivity contribution in [3.8, 4) is 0 Å². The van der Waals surface area contributed by atoms with E-state index in [9.17, 15) is 9.90 Å². The summed E-state index contributed by atoms with van der Waals surface area (Å²) in [5.74, 6) is -0.896. The summed E-state index contributed by atoms with van der Waals surface area (Å²) in [4.78, 5) is 11.3. The standard InChI is InChI=1S/C24H19NO2/c26-24(27)21-11-6-9-19(15-21)16-23-22-12-5-4-10-20(22)13-14-25(23)17-18-7-2-1-3-8-18/h1-15H,16-17H2/p+1. The number of aromatic nitrogens is 1. The fourth-order valence-electron chi connectivity index (χ4n) is 3.45. The third-order valence-electron chi connectivity index (χ3n) is 4.79. The molecule has 4 rings (SSSR count). The van der Waals surface area contributed by atoms with Gasteiger partial charge >= 0.3 is 5.97 Å². The molecule has 0 amide bonds. The van der Waals surface area contributed by atoms with E-state index in [1.54, 1.807) is 12.1 Å². The molecule has 0 aliphatic rings. The van der Waals surface area contributed by atoms with E-state index in [4.69, 9.17) is 0 Å². The zero-order valence-corrected chi connectivity index (χ0v) is 14.9. The van der Waals surface area contributed by atoms with Crippen LogP contribution in [-0.2, 0) is 13.0 Å². The molecule has 3 nitrogen and oxygen atoms in total. The molecule has 0 spiro atoms. The minimum Gasteiger partial charge on any atom is -0.478 e. The first kappa shape index (κ1) is 17.0. The lowest BCUT2D eigenvalue weighted by molar-refractivity contribution is -0.693. The van der Waals surface area contributed by atoms with Crippen molar-refractivity contribution < 1.29 is 14.5 Å². The smallest absolute Gasteiger partial charge is 0.335 e. The summed E-state index contributed by atoms with van der Waals surface area (Å²) in [6, 6.07) is 28.0. The van der Waals surface area contributed by atoms with Gasteiger partial charge in [0, 0.05) is 17.0 Å². The molecule has 0 atom stereocenters. The van der Waals surface area contributed by atoms with Gasteiger partial charge in [0.25, 0.3) is 0 Å². The molecule has 3 aromatic carbocycles. The van der Waals surface area contributed by atoms with E-state index < -0.39 is 5.97 Å². The number of carboxylic acids is 1. The third kappa shape index (κ3) is 3.72. The number of nitrogens with zero attached hydrogens (tertiary/aromatic N) is 1. The van der Waals surface area contributed by atoms with Crippen LogP contribution in [0.4, 0.5) is 0 Å². The monoisotopic (exact) mass is 354 g/mol.